The van der Waals surface area contributed by atoms with Crippen LogP contribution in [0.15, 0.2) is 194 Å². The number of anilines is 6. The third-order valence-electron chi connectivity index (χ3n) is 11.4. The summed E-state index contributed by atoms with van der Waals surface area (Å²) in [5.41, 5.74) is 19.4. The lowest BCUT2D eigenvalue weighted by Gasteiger charge is -2.33. The Morgan fingerprint density at radius 3 is 1.30 bits per heavy atom. The van der Waals surface area contributed by atoms with Crippen LogP contribution in [0.3, 0.4) is 0 Å². The van der Waals surface area contributed by atoms with Crippen LogP contribution in [0.4, 0.5) is 34.1 Å². The van der Waals surface area contributed by atoms with Gasteiger partial charge in [0.2, 0.25) is 0 Å². The van der Waals surface area contributed by atoms with Crippen LogP contribution in [0.5, 0.6) is 0 Å². The molecule has 0 bridgehead atoms. The van der Waals surface area contributed by atoms with E-state index in [1.54, 1.807) is 0 Å². The average Bonchev–Trinajstić information content (AvgIpc) is 3.69. The van der Waals surface area contributed by atoms with Gasteiger partial charge in [-0.15, -0.1) is 0 Å². The fraction of sp³-hybridized carbons (Fsp3) is 0.0769. The van der Waals surface area contributed by atoms with Gasteiger partial charge in [-0.1, -0.05) is 128 Å². The van der Waals surface area contributed by atoms with Gasteiger partial charge in [-0.2, -0.15) is 0 Å². The van der Waals surface area contributed by atoms with E-state index in [9.17, 15) is 0 Å². The summed E-state index contributed by atoms with van der Waals surface area (Å²) in [7, 11) is 0. The summed E-state index contributed by atoms with van der Waals surface area (Å²) in [4.78, 5) is 4.82. The largest absolute Gasteiger partial charge is 0.310 e. The maximum atomic E-state index is 2.48. The summed E-state index contributed by atoms with van der Waals surface area (Å²) in [6, 6.07) is 71.8. The Morgan fingerprint density at radius 2 is 0.778 bits per heavy atom. The summed E-state index contributed by atoms with van der Waals surface area (Å²) in [6.45, 7) is 4.39. The lowest BCUT2D eigenvalue weighted by atomic mass is 9.70. The van der Waals surface area contributed by atoms with Crippen molar-refractivity contribution in [3.8, 4) is 22.3 Å². The molecule has 2 aliphatic carbocycles. The molecule has 0 heterocycles. The summed E-state index contributed by atoms with van der Waals surface area (Å²) in [5, 5.41) is 0. The molecule has 0 atom stereocenters. The highest BCUT2D eigenvalue weighted by molar-refractivity contribution is 5.97. The molecular formula is C52H40N2. The van der Waals surface area contributed by atoms with E-state index in [0.717, 1.165) is 40.5 Å². The molecule has 0 aromatic heterocycles. The van der Waals surface area contributed by atoms with Crippen molar-refractivity contribution in [3.63, 3.8) is 0 Å². The van der Waals surface area contributed by atoms with E-state index in [4.69, 9.17) is 0 Å². The highest BCUT2D eigenvalue weighted by Crippen LogP contribution is 2.64. The molecule has 8 aromatic carbocycles. The monoisotopic (exact) mass is 692 g/mol. The highest BCUT2D eigenvalue weighted by atomic mass is 15.1. The molecule has 0 aliphatic heterocycles. The van der Waals surface area contributed by atoms with Crippen molar-refractivity contribution >= 4 is 34.1 Å². The Hall–Kier alpha value is -6.64. The molecule has 0 radical (unpaired) electrons. The van der Waals surface area contributed by atoms with Gasteiger partial charge in [0.25, 0.3) is 0 Å². The number of hydrogen-bond donors (Lipinski definition) is 0. The summed E-state index contributed by atoms with van der Waals surface area (Å²) in [5.74, 6) is 0. The summed E-state index contributed by atoms with van der Waals surface area (Å²) in [6.07, 6.45) is 0.984. The van der Waals surface area contributed by atoms with Crippen molar-refractivity contribution in [2.45, 2.75) is 25.7 Å². The van der Waals surface area contributed by atoms with Crippen LogP contribution in [0.25, 0.3) is 22.3 Å². The van der Waals surface area contributed by atoms with Gasteiger partial charge < -0.3 is 9.80 Å². The molecule has 0 unspecified atom stereocenters. The van der Waals surface area contributed by atoms with Crippen molar-refractivity contribution in [1.82, 2.24) is 0 Å². The van der Waals surface area contributed by atoms with Gasteiger partial charge in [-0.05, 0) is 142 Å². The standard InChI is InChI=1S/C52H40N2/c1-3-37-17-15-23-41(33-37)54(39-20-8-5-9-21-39)43-29-31-47-46-30-28-42(53(38-18-6-4-7-19-38)40-22-14-16-36(2)32-40)34-50(46)52(51(47)35-43)48-26-12-10-24-44(48)45-25-11-13-27-49(45)52/h4-35H,3H2,1-2H3. The second-order valence-electron chi connectivity index (χ2n) is 14.5. The Morgan fingerprint density at radius 1 is 0.352 bits per heavy atom. The predicted octanol–water partition coefficient (Wildman–Crippen LogP) is 13.8. The second-order valence-corrected chi connectivity index (χ2v) is 14.5. The minimum absolute atomic E-state index is 0.507. The van der Waals surface area contributed by atoms with Crippen molar-refractivity contribution in [3.05, 3.63) is 228 Å². The molecule has 2 heteroatoms. The number of rotatable bonds is 7. The first-order valence-corrected chi connectivity index (χ1v) is 19.0. The third kappa shape index (κ3) is 4.87. The summed E-state index contributed by atoms with van der Waals surface area (Å²) >= 11 is 0. The second kappa shape index (κ2) is 12.8. The lowest BCUT2D eigenvalue weighted by molar-refractivity contribution is 0.793. The predicted molar refractivity (Wildman–Crippen MR) is 226 cm³/mol. The molecule has 0 amide bonds. The molecule has 8 aromatic rings. The maximum Gasteiger partial charge on any atom is 0.0727 e. The van der Waals surface area contributed by atoms with E-state index in [1.807, 2.05) is 0 Å². The molecule has 54 heavy (non-hydrogen) atoms. The van der Waals surface area contributed by atoms with Gasteiger partial charge >= 0.3 is 0 Å². The molecule has 0 saturated heterocycles. The van der Waals surface area contributed by atoms with E-state index in [0.29, 0.717) is 0 Å². The molecule has 258 valence electrons. The number of para-hydroxylation sites is 2. The van der Waals surface area contributed by atoms with Gasteiger partial charge in [-0.25, -0.2) is 0 Å². The fourth-order valence-corrected chi connectivity index (χ4v) is 9.12. The lowest BCUT2D eigenvalue weighted by Crippen LogP contribution is -2.26. The van der Waals surface area contributed by atoms with Gasteiger partial charge in [0.1, 0.15) is 0 Å². The van der Waals surface area contributed by atoms with Crippen LogP contribution < -0.4 is 9.80 Å². The number of aryl methyl sites for hydroxylation is 2. The Balaban J connectivity index is 1.26. The van der Waals surface area contributed by atoms with Crippen molar-refractivity contribution < 1.29 is 0 Å². The van der Waals surface area contributed by atoms with Crippen LogP contribution in [0.1, 0.15) is 40.3 Å². The molecule has 2 aliphatic rings. The number of benzene rings is 8. The number of fused-ring (bicyclic) bond motifs is 10. The first kappa shape index (κ1) is 32.0. The molecule has 10 rings (SSSR count). The van der Waals surface area contributed by atoms with Crippen molar-refractivity contribution in [1.29, 1.82) is 0 Å². The Labute approximate surface area is 318 Å². The number of hydrogen-bond acceptors (Lipinski definition) is 2. The minimum Gasteiger partial charge on any atom is -0.310 e. The van der Waals surface area contributed by atoms with Gasteiger partial charge in [0.15, 0.2) is 0 Å². The average molecular weight is 693 g/mol. The Kier molecular flexibility index (Phi) is 7.59. The van der Waals surface area contributed by atoms with E-state index >= 15 is 0 Å². The van der Waals surface area contributed by atoms with Crippen LogP contribution >= 0.6 is 0 Å². The van der Waals surface area contributed by atoms with Gasteiger partial charge in [0.05, 0.1) is 5.41 Å². The molecule has 2 nitrogen and oxygen atoms in total. The van der Waals surface area contributed by atoms with Crippen LogP contribution in [0.2, 0.25) is 0 Å². The zero-order chi connectivity index (χ0) is 36.2. The van der Waals surface area contributed by atoms with Crippen molar-refractivity contribution in [2.24, 2.45) is 0 Å². The molecule has 0 saturated carbocycles. The van der Waals surface area contributed by atoms with E-state index in [2.05, 4.69) is 218 Å². The third-order valence-corrected chi connectivity index (χ3v) is 11.4. The SMILES string of the molecule is CCc1cccc(N(c2ccccc2)c2ccc3c(c2)C2(c4ccccc4-c4ccccc42)c2cc(N(c4ccccc4)c4cccc(C)c4)ccc2-3)c1. The molecule has 0 fully saturated rings. The van der Waals surface area contributed by atoms with Crippen LogP contribution in [0, 0.1) is 6.92 Å². The molecule has 0 N–H and O–H groups in total. The first-order chi connectivity index (χ1) is 26.6. The van der Waals surface area contributed by atoms with E-state index in [1.165, 1.54) is 55.6 Å². The zero-order valence-electron chi connectivity index (χ0n) is 30.6. The first-order valence-electron chi connectivity index (χ1n) is 19.0. The highest BCUT2D eigenvalue weighted by Gasteiger charge is 2.52. The minimum atomic E-state index is -0.507. The van der Waals surface area contributed by atoms with Crippen molar-refractivity contribution in [2.75, 3.05) is 9.80 Å². The molecule has 1 spiro atoms. The normalized spacial score (nSPS) is 12.9. The smallest absolute Gasteiger partial charge is 0.0727 e. The molecular weight excluding hydrogens is 653 g/mol. The van der Waals surface area contributed by atoms with Gasteiger partial charge in [0, 0.05) is 34.1 Å². The van der Waals surface area contributed by atoms with E-state index < -0.39 is 5.41 Å². The quantitative estimate of drug-likeness (QED) is 0.164. The number of nitrogens with zero attached hydrogens (tertiary/aromatic N) is 2. The summed E-state index contributed by atoms with van der Waals surface area (Å²) < 4.78 is 0. The van der Waals surface area contributed by atoms with Crippen LogP contribution in [-0.2, 0) is 11.8 Å². The maximum absolute atomic E-state index is 2.48. The zero-order valence-corrected chi connectivity index (χ0v) is 30.6. The topological polar surface area (TPSA) is 6.48 Å². The fourth-order valence-electron chi connectivity index (χ4n) is 9.12. The van der Waals surface area contributed by atoms with Crippen LogP contribution in [-0.4, -0.2) is 0 Å². The Bertz CT molecular complexity index is 2630. The van der Waals surface area contributed by atoms with Gasteiger partial charge in [-0.3, -0.25) is 0 Å². The van der Waals surface area contributed by atoms with E-state index in [-0.39, 0.29) is 0 Å².